The van der Waals surface area contributed by atoms with E-state index in [2.05, 4.69) is 35.8 Å². The van der Waals surface area contributed by atoms with Crippen LogP contribution in [0.25, 0.3) is 5.82 Å². The summed E-state index contributed by atoms with van der Waals surface area (Å²) in [4.78, 5) is 14.4. The maximum absolute atomic E-state index is 12.5. The first kappa shape index (κ1) is 19.7. The number of halogens is 2. The minimum atomic E-state index is -0.576. The van der Waals surface area contributed by atoms with Gasteiger partial charge in [-0.1, -0.05) is 40.5 Å². The summed E-state index contributed by atoms with van der Waals surface area (Å²) in [5.41, 5.74) is 9.12. The zero-order valence-electron chi connectivity index (χ0n) is 14.8. The molecule has 0 saturated heterocycles. The van der Waals surface area contributed by atoms with E-state index in [4.69, 9.17) is 28.9 Å². The predicted molar refractivity (Wildman–Crippen MR) is 103 cm³/mol. The molecule has 0 atom stereocenters. The Bertz CT molecular complexity index is 1030. The molecule has 2 aromatic heterocycles. The number of hydrogen-bond donors (Lipinski definition) is 2. The molecule has 13 heteroatoms. The molecule has 11 nitrogen and oxygen atoms in total. The number of nitrogens with one attached hydrogen (secondary N) is 1. The number of nitrogens with zero attached hydrogens (tertiary/aromatic N) is 7. The molecule has 0 aliphatic heterocycles. The number of carbonyl (C=O) groups excluding carboxylic acids is 1. The first-order valence-electron chi connectivity index (χ1n) is 7.83. The van der Waals surface area contributed by atoms with Crippen molar-refractivity contribution in [3.8, 4) is 5.82 Å². The summed E-state index contributed by atoms with van der Waals surface area (Å²) in [6, 6.07) is 5.07. The van der Waals surface area contributed by atoms with Crippen LogP contribution in [0, 0.1) is 0 Å². The maximum atomic E-state index is 12.5. The standard InChI is InChI=1S/C15H15Cl2N9O2/c1-25(2)7-10-12(20-24-26(10)14-13(18)22-28-23-14)15(27)21-19-6-8-4-3-5-9(16)11(8)17/h3-6H,7H2,1-2H3,(H2,18,22)(H,21,27)/b19-6+. The molecule has 3 rings (SSSR count). The van der Waals surface area contributed by atoms with Crippen molar-refractivity contribution in [2.24, 2.45) is 5.10 Å². The van der Waals surface area contributed by atoms with Crippen molar-refractivity contribution in [3.05, 3.63) is 45.2 Å². The highest BCUT2D eigenvalue weighted by Gasteiger charge is 2.24. The van der Waals surface area contributed by atoms with Crippen LogP contribution in [0.4, 0.5) is 5.82 Å². The topological polar surface area (TPSA) is 140 Å². The SMILES string of the molecule is CN(C)Cc1c(C(=O)N/N=C/c2cccc(Cl)c2Cl)nnn1-c1nonc1N. The van der Waals surface area contributed by atoms with Gasteiger partial charge in [-0.05, 0) is 30.5 Å². The summed E-state index contributed by atoms with van der Waals surface area (Å²) in [5.74, 6) is -0.421. The van der Waals surface area contributed by atoms with Crippen LogP contribution in [-0.4, -0.2) is 56.4 Å². The highest BCUT2D eigenvalue weighted by molar-refractivity contribution is 6.43. The van der Waals surface area contributed by atoms with Crippen molar-refractivity contribution in [2.45, 2.75) is 6.54 Å². The van der Waals surface area contributed by atoms with E-state index in [0.717, 1.165) is 0 Å². The number of nitrogen functional groups attached to an aromatic ring is 1. The van der Waals surface area contributed by atoms with E-state index in [-0.39, 0.29) is 17.3 Å². The van der Waals surface area contributed by atoms with Crippen molar-refractivity contribution in [3.63, 3.8) is 0 Å². The molecule has 0 aliphatic rings. The number of rotatable bonds is 6. The minimum Gasteiger partial charge on any atom is -0.378 e. The van der Waals surface area contributed by atoms with Crippen LogP contribution < -0.4 is 11.2 Å². The lowest BCUT2D eigenvalue weighted by Gasteiger charge is -2.11. The highest BCUT2D eigenvalue weighted by Crippen LogP contribution is 2.24. The Kier molecular flexibility index (Phi) is 5.87. The smallest absolute Gasteiger partial charge is 0.293 e. The fourth-order valence-electron chi connectivity index (χ4n) is 2.26. The van der Waals surface area contributed by atoms with Gasteiger partial charge in [-0.3, -0.25) is 4.79 Å². The second-order valence-corrected chi connectivity index (χ2v) is 6.63. The molecule has 28 heavy (non-hydrogen) atoms. The van der Waals surface area contributed by atoms with E-state index in [1.807, 2.05) is 19.0 Å². The van der Waals surface area contributed by atoms with Gasteiger partial charge in [-0.2, -0.15) is 9.78 Å². The third kappa shape index (κ3) is 4.11. The average molecular weight is 424 g/mol. The Morgan fingerprint density at radius 1 is 1.39 bits per heavy atom. The van der Waals surface area contributed by atoms with E-state index in [9.17, 15) is 4.79 Å². The molecule has 0 fully saturated rings. The Balaban J connectivity index is 1.85. The number of anilines is 1. The Hall–Kier alpha value is -3.02. The van der Waals surface area contributed by atoms with Crippen LogP contribution in [0.3, 0.4) is 0 Å². The summed E-state index contributed by atoms with van der Waals surface area (Å²) < 4.78 is 5.88. The van der Waals surface area contributed by atoms with Gasteiger partial charge in [0.05, 0.1) is 22.0 Å². The monoisotopic (exact) mass is 423 g/mol. The van der Waals surface area contributed by atoms with Crippen LogP contribution in [0.2, 0.25) is 10.0 Å². The Morgan fingerprint density at radius 2 is 2.18 bits per heavy atom. The first-order chi connectivity index (χ1) is 13.4. The molecule has 0 spiro atoms. The average Bonchev–Trinajstić information content (AvgIpc) is 3.24. The van der Waals surface area contributed by atoms with E-state index in [1.165, 1.54) is 10.9 Å². The molecule has 146 valence electrons. The van der Waals surface area contributed by atoms with Gasteiger partial charge in [0.25, 0.3) is 5.91 Å². The van der Waals surface area contributed by atoms with Crippen LogP contribution in [-0.2, 0) is 6.54 Å². The summed E-state index contributed by atoms with van der Waals surface area (Å²) in [7, 11) is 3.64. The maximum Gasteiger partial charge on any atom is 0.293 e. The number of hydrazone groups is 1. The molecule has 2 heterocycles. The van der Waals surface area contributed by atoms with Gasteiger partial charge in [-0.15, -0.1) is 5.10 Å². The number of amides is 1. The molecule has 3 N–H and O–H groups in total. The van der Waals surface area contributed by atoms with Gasteiger partial charge in [0, 0.05) is 12.1 Å². The van der Waals surface area contributed by atoms with Crippen LogP contribution >= 0.6 is 23.2 Å². The van der Waals surface area contributed by atoms with E-state index < -0.39 is 5.91 Å². The molecular weight excluding hydrogens is 409 g/mol. The quantitative estimate of drug-likeness (QED) is 0.447. The predicted octanol–water partition coefficient (Wildman–Crippen LogP) is 1.36. The fourth-order valence-corrected chi connectivity index (χ4v) is 2.62. The minimum absolute atomic E-state index is 0.0190. The zero-order chi connectivity index (χ0) is 20.3. The lowest BCUT2D eigenvalue weighted by molar-refractivity contribution is 0.0948. The number of hydrogen-bond acceptors (Lipinski definition) is 9. The molecule has 3 aromatic rings. The van der Waals surface area contributed by atoms with Crippen molar-refractivity contribution in [2.75, 3.05) is 19.8 Å². The van der Waals surface area contributed by atoms with Gasteiger partial charge in [-0.25, -0.2) is 10.1 Å². The normalized spacial score (nSPS) is 11.5. The number of benzene rings is 1. The molecule has 0 unspecified atom stereocenters. The van der Waals surface area contributed by atoms with Crippen LogP contribution in [0.15, 0.2) is 27.9 Å². The van der Waals surface area contributed by atoms with E-state index >= 15 is 0 Å². The highest BCUT2D eigenvalue weighted by atomic mass is 35.5. The summed E-state index contributed by atoms with van der Waals surface area (Å²) in [6.45, 7) is 0.325. The second kappa shape index (κ2) is 8.33. The molecule has 0 bridgehead atoms. The van der Waals surface area contributed by atoms with Crippen LogP contribution in [0.1, 0.15) is 21.7 Å². The van der Waals surface area contributed by atoms with Gasteiger partial charge < -0.3 is 10.6 Å². The lowest BCUT2D eigenvalue weighted by Crippen LogP contribution is -2.23. The molecule has 1 aromatic carbocycles. The van der Waals surface area contributed by atoms with Gasteiger partial charge in [0.15, 0.2) is 5.69 Å². The summed E-state index contributed by atoms with van der Waals surface area (Å²) >= 11 is 12.0. The Labute approximate surface area is 169 Å². The molecule has 0 saturated carbocycles. The van der Waals surface area contributed by atoms with Crippen LogP contribution in [0.5, 0.6) is 0 Å². The third-order valence-electron chi connectivity index (χ3n) is 3.49. The second-order valence-electron chi connectivity index (χ2n) is 5.85. The number of carbonyl (C=O) groups is 1. The Morgan fingerprint density at radius 3 is 2.86 bits per heavy atom. The summed E-state index contributed by atoms with van der Waals surface area (Å²) in [6.07, 6.45) is 1.38. The lowest BCUT2D eigenvalue weighted by atomic mass is 10.2. The molecule has 0 radical (unpaired) electrons. The van der Waals surface area contributed by atoms with Gasteiger partial charge >= 0.3 is 0 Å². The largest absolute Gasteiger partial charge is 0.378 e. The van der Waals surface area contributed by atoms with Crippen molar-refractivity contribution < 1.29 is 9.42 Å². The number of nitrogens with two attached hydrogens (primary N) is 1. The van der Waals surface area contributed by atoms with Crippen molar-refractivity contribution >= 4 is 41.1 Å². The van der Waals surface area contributed by atoms with Gasteiger partial charge in [0.1, 0.15) is 0 Å². The van der Waals surface area contributed by atoms with E-state index in [1.54, 1.807) is 18.2 Å². The van der Waals surface area contributed by atoms with Crippen molar-refractivity contribution in [1.82, 2.24) is 35.6 Å². The third-order valence-corrected chi connectivity index (χ3v) is 4.33. The molecule has 0 aliphatic carbocycles. The van der Waals surface area contributed by atoms with Crippen molar-refractivity contribution in [1.29, 1.82) is 0 Å². The fraction of sp³-hybridized carbons (Fsp3) is 0.200. The summed E-state index contributed by atoms with van der Waals surface area (Å²) in [5, 5.41) is 19.7. The first-order valence-corrected chi connectivity index (χ1v) is 8.59. The number of aromatic nitrogens is 5. The van der Waals surface area contributed by atoms with E-state index in [0.29, 0.717) is 27.8 Å². The zero-order valence-corrected chi connectivity index (χ0v) is 16.3. The molecule has 1 amide bonds. The van der Waals surface area contributed by atoms with Gasteiger partial charge in [0.2, 0.25) is 11.6 Å². The molecular formula is C15H15Cl2N9O2.